The topological polar surface area (TPSA) is 13.0 Å². The molecule has 1 aromatic rings. The van der Waals surface area contributed by atoms with Crippen LogP contribution in [0.25, 0.3) is 0 Å². The molecule has 212 valence electrons. The van der Waals surface area contributed by atoms with Crippen molar-refractivity contribution in [3.63, 3.8) is 0 Å². The van der Waals surface area contributed by atoms with Gasteiger partial charge in [0.05, 0.1) is 16.9 Å². The molecule has 2 saturated heterocycles. The fraction of sp³-hybridized carbons (Fsp3) is 0.667. The average molecular weight is 551 g/mol. The number of nitrogens with zero attached hydrogens (tertiary/aromatic N) is 4. The zero-order chi connectivity index (χ0) is 27.0. The number of piperazine rings is 1. The molecule has 0 unspecified atom stereocenters. The molecule has 0 amide bonds. The lowest BCUT2D eigenvalue weighted by Gasteiger charge is -2.38. The number of halogens is 3. The predicted octanol–water partition coefficient (Wildman–Crippen LogP) is 7.09. The van der Waals surface area contributed by atoms with Crippen LogP contribution in [-0.4, -0.2) is 80.1 Å². The summed E-state index contributed by atoms with van der Waals surface area (Å²) in [4.78, 5) is 12.0. The quantitative estimate of drug-likeness (QED) is 0.342. The third-order valence-electron chi connectivity index (χ3n) is 7.89. The van der Waals surface area contributed by atoms with Crippen LogP contribution in [0.5, 0.6) is 0 Å². The second-order valence-corrected chi connectivity index (χ2v) is 11.5. The van der Waals surface area contributed by atoms with Gasteiger partial charge in [0.15, 0.2) is 0 Å². The van der Waals surface area contributed by atoms with Crippen LogP contribution in [0, 0.1) is 0 Å². The minimum atomic E-state index is -4.32. The van der Waals surface area contributed by atoms with E-state index in [0.717, 1.165) is 69.1 Å². The lowest BCUT2D eigenvalue weighted by molar-refractivity contribution is -0.137. The predicted molar refractivity (Wildman–Crippen MR) is 154 cm³/mol. The molecule has 2 fully saturated rings. The molecule has 5 rings (SSSR count). The van der Waals surface area contributed by atoms with Gasteiger partial charge in [-0.3, -0.25) is 0 Å². The highest BCUT2D eigenvalue weighted by atomic mass is 32.2. The molecule has 0 aromatic heterocycles. The zero-order valence-electron chi connectivity index (χ0n) is 23.2. The number of piperidine rings is 1. The van der Waals surface area contributed by atoms with Gasteiger partial charge in [-0.2, -0.15) is 13.2 Å². The molecule has 4 nitrogen and oxygen atoms in total. The van der Waals surface area contributed by atoms with E-state index in [-0.39, 0.29) is 0 Å². The third-order valence-corrected chi connectivity index (χ3v) is 9.05. The summed E-state index contributed by atoms with van der Waals surface area (Å²) in [6.45, 7) is 15.1. The van der Waals surface area contributed by atoms with Crippen LogP contribution in [0.1, 0.15) is 64.4 Å². The fourth-order valence-electron chi connectivity index (χ4n) is 5.85. The molecule has 0 N–H and O–H groups in total. The van der Waals surface area contributed by atoms with Crippen LogP contribution in [-0.2, 0) is 6.18 Å². The van der Waals surface area contributed by atoms with E-state index in [9.17, 15) is 13.2 Å². The van der Waals surface area contributed by atoms with Gasteiger partial charge in [-0.25, -0.2) is 0 Å². The summed E-state index contributed by atoms with van der Waals surface area (Å²) in [6, 6.07) is 4.21. The van der Waals surface area contributed by atoms with E-state index in [1.54, 1.807) is 17.8 Å². The van der Waals surface area contributed by atoms with Crippen molar-refractivity contribution in [3.05, 3.63) is 46.5 Å². The molecule has 1 aromatic carbocycles. The second kappa shape index (κ2) is 14.2. The van der Waals surface area contributed by atoms with Crippen molar-refractivity contribution in [1.29, 1.82) is 0 Å². The van der Waals surface area contributed by atoms with E-state index in [1.165, 1.54) is 68.9 Å². The molecule has 4 aliphatic rings. The summed E-state index contributed by atoms with van der Waals surface area (Å²) in [5.41, 5.74) is 1.24. The normalized spacial score (nSPS) is 21.1. The first kappa shape index (κ1) is 29.5. The molecule has 0 spiro atoms. The zero-order valence-corrected chi connectivity index (χ0v) is 24.1. The maximum Gasteiger partial charge on any atom is 0.416 e. The lowest BCUT2D eigenvalue weighted by Crippen LogP contribution is -2.47. The molecular weight excluding hydrogens is 505 g/mol. The number of hydrogen-bond donors (Lipinski definition) is 0. The number of anilines is 1. The Morgan fingerprint density at radius 1 is 0.737 bits per heavy atom. The molecule has 3 heterocycles. The number of fused-ring (bicyclic) bond motifs is 2. The number of rotatable bonds is 8. The molecule has 0 atom stereocenters. The molecule has 3 aliphatic heterocycles. The van der Waals surface area contributed by atoms with Gasteiger partial charge >= 0.3 is 6.18 Å². The fourth-order valence-corrected chi connectivity index (χ4v) is 6.99. The van der Waals surface area contributed by atoms with Crippen molar-refractivity contribution in [3.8, 4) is 0 Å². The smallest absolute Gasteiger partial charge is 0.340 e. The van der Waals surface area contributed by atoms with Crippen LogP contribution >= 0.6 is 11.8 Å². The number of hydrogen-bond acceptors (Lipinski definition) is 5. The highest BCUT2D eigenvalue weighted by Gasteiger charge is 2.34. The average Bonchev–Trinajstić information content (AvgIpc) is 2.94. The van der Waals surface area contributed by atoms with E-state index in [2.05, 4.69) is 31.8 Å². The maximum absolute atomic E-state index is 13.5. The summed E-state index contributed by atoms with van der Waals surface area (Å²) in [5.74, 6) is 0. The Balaban J connectivity index is 0.00000164. The molecule has 38 heavy (non-hydrogen) atoms. The van der Waals surface area contributed by atoms with E-state index in [4.69, 9.17) is 0 Å². The largest absolute Gasteiger partial charge is 0.416 e. The monoisotopic (exact) mass is 550 g/mol. The van der Waals surface area contributed by atoms with Gasteiger partial charge in [-0.1, -0.05) is 44.2 Å². The summed E-state index contributed by atoms with van der Waals surface area (Å²) >= 11 is 1.61. The Morgan fingerprint density at radius 3 is 1.95 bits per heavy atom. The van der Waals surface area contributed by atoms with Crippen LogP contribution in [0.4, 0.5) is 18.9 Å². The maximum atomic E-state index is 13.5. The van der Waals surface area contributed by atoms with E-state index in [1.807, 2.05) is 13.8 Å². The molecule has 8 heteroatoms. The van der Waals surface area contributed by atoms with Gasteiger partial charge in [0, 0.05) is 42.5 Å². The van der Waals surface area contributed by atoms with E-state index >= 15 is 0 Å². The highest BCUT2D eigenvalue weighted by molar-refractivity contribution is 8.03. The first-order chi connectivity index (χ1) is 18.5. The van der Waals surface area contributed by atoms with Crippen molar-refractivity contribution in [2.45, 2.75) is 69.9 Å². The van der Waals surface area contributed by atoms with Crippen molar-refractivity contribution < 1.29 is 13.2 Å². The van der Waals surface area contributed by atoms with Gasteiger partial charge < -0.3 is 19.6 Å². The van der Waals surface area contributed by atoms with Crippen molar-refractivity contribution in [2.24, 2.45) is 0 Å². The molecule has 0 saturated carbocycles. The first-order valence-corrected chi connectivity index (χ1v) is 15.5. The first-order valence-electron chi connectivity index (χ1n) is 14.7. The van der Waals surface area contributed by atoms with Gasteiger partial charge in [0.25, 0.3) is 0 Å². The molecular formula is C30H45F3N4S. The Bertz CT molecular complexity index is 947. The van der Waals surface area contributed by atoms with Crippen LogP contribution in [0.3, 0.4) is 0 Å². The lowest BCUT2D eigenvalue weighted by atomic mass is 10.1. The van der Waals surface area contributed by atoms with Crippen molar-refractivity contribution in [2.75, 3.05) is 70.3 Å². The van der Waals surface area contributed by atoms with Crippen LogP contribution in [0.15, 0.2) is 45.8 Å². The standard InChI is InChI=1S/C28H39F3N4S.C2H6/c29-28(30,31)23-10-11-27-25(22-23)35(24-8-2-3-9-26(24)36-27)17-7-16-34-20-18-33(19-21-34)15-6-14-32-12-4-1-5-13-32;1-2/h8-11,22H,1-7,12-21H2;1-2H3. The Kier molecular flexibility index (Phi) is 11.1. The number of likely N-dealkylation sites (tertiary alicyclic amines) is 1. The Hall–Kier alpha value is -1.48. The second-order valence-electron chi connectivity index (χ2n) is 10.5. The summed E-state index contributed by atoms with van der Waals surface area (Å²) in [7, 11) is 0. The third kappa shape index (κ3) is 7.80. The van der Waals surface area contributed by atoms with Gasteiger partial charge in [0.2, 0.25) is 0 Å². The number of allylic oxidation sites excluding steroid dienone is 2. The van der Waals surface area contributed by atoms with Crippen LogP contribution in [0.2, 0.25) is 0 Å². The number of alkyl halides is 3. The molecule has 0 bridgehead atoms. The minimum absolute atomic E-state index is 0.563. The van der Waals surface area contributed by atoms with Crippen molar-refractivity contribution in [1.82, 2.24) is 14.7 Å². The van der Waals surface area contributed by atoms with Gasteiger partial charge in [-0.05, 0) is 89.4 Å². The van der Waals surface area contributed by atoms with Crippen LogP contribution < -0.4 is 4.90 Å². The Morgan fingerprint density at radius 2 is 1.32 bits per heavy atom. The summed E-state index contributed by atoms with van der Waals surface area (Å²) in [5, 5.41) is 0. The van der Waals surface area contributed by atoms with Gasteiger partial charge in [0.1, 0.15) is 0 Å². The SMILES string of the molecule is CC.FC(F)(F)c1ccc2c(c1)N(CCCN1CCN(CCCN3CCCCC3)CC1)C1=CCCC=C1S2. The van der Waals surface area contributed by atoms with E-state index in [0.29, 0.717) is 5.69 Å². The summed E-state index contributed by atoms with van der Waals surface area (Å²) < 4.78 is 40.4. The van der Waals surface area contributed by atoms with Crippen molar-refractivity contribution >= 4 is 17.4 Å². The number of benzene rings is 1. The minimum Gasteiger partial charge on any atom is -0.340 e. The number of thioether (sulfide) groups is 1. The Labute approximate surface area is 231 Å². The molecule has 1 aliphatic carbocycles. The van der Waals surface area contributed by atoms with E-state index < -0.39 is 11.7 Å². The summed E-state index contributed by atoms with van der Waals surface area (Å²) in [6.07, 6.45) is 8.38. The van der Waals surface area contributed by atoms with Gasteiger partial charge in [-0.15, -0.1) is 0 Å². The highest BCUT2D eigenvalue weighted by Crippen LogP contribution is 2.49. The molecule has 0 radical (unpaired) electrons.